The fourth-order valence-electron chi connectivity index (χ4n) is 4.90. The third-order valence-corrected chi connectivity index (χ3v) is 12.6. The molecule has 6 atom stereocenters. The Balaban J connectivity index is 5.67. The zero-order valence-corrected chi connectivity index (χ0v) is 39.1. The van der Waals surface area contributed by atoms with Gasteiger partial charge in [0.1, 0.15) is 5.60 Å². The molecule has 0 bridgehead atoms. The molecular formula is C42H78N6O9. The molecule has 6 amide bonds. The zero-order valence-electron chi connectivity index (χ0n) is 39.1. The maximum Gasteiger partial charge on any atom is 0.407 e. The molecule has 330 valence electrons. The van der Waals surface area contributed by atoms with Gasteiger partial charge in [-0.05, 0) is 145 Å². The summed E-state index contributed by atoms with van der Waals surface area (Å²) in [6.45, 7) is 35.8. The van der Waals surface area contributed by atoms with Crippen LogP contribution in [0.25, 0.3) is 0 Å². The van der Waals surface area contributed by atoms with Crippen LogP contribution in [-0.2, 0) is 38.2 Å². The summed E-state index contributed by atoms with van der Waals surface area (Å²) < 4.78 is 10.2. The van der Waals surface area contributed by atoms with Crippen molar-refractivity contribution >= 4 is 41.6 Å². The van der Waals surface area contributed by atoms with Crippen molar-refractivity contribution in [2.45, 2.75) is 187 Å². The first-order valence-electron chi connectivity index (χ1n) is 19.9. The van der Waals surface area contributed by atoms with Crippen LogP contribution in [0.2, 0.25) is 0 Å². The number of amides is 6. The maximum atomic E-state index is 13.8. The molecule has 0 aliphatic heterocycles. The lowest BCUT2D eigenvalue weighted by Gasteiger charge is -2.40. The van der Waals surface area contributed by atoms with Gasteiger partial charge in [-0.1, -0.05) is 0 Å². The number of esters is 1. The summed E-state index contributed by atoms with van der Waals surface area (Å²) in [6.07, 6.45) is -0.643. The van der Waals surface area contributed by atoms with Crippen molar-refractivity contribution in [3.8, 4) is 0 Å². The minimum absolute atomic E-state index is 0.359. The van der Waals surface area contributed by atoms with E-state index in [2.05, 4.69) is 31.9 Å². The minimum Gasteiger partial charge on any atom is -0.469 e. The van der Waals surface area contributed by atoms with Crippen LogP contribution in [0.4, 0.5) is 4.79 Å². The molecule has 6 N–H and O–H groups in total. The van der Waals surface area contributed by atoms with E-state index in [0.29, 0.717) is 0 Å². The molecule has 0 rings (SSSR count). The molecule has 0 heterocycles. The van der Waals surface area contributed by atoms with Gasteiger partial charge in [0.2, 0.25) is 29.5 Å². The van der Waals surface area contributed by atoms with Crippen LogP contribution in [0, 0.1) is 32.5 Å². The molecule has 0 aliphatic carbocycles. The lowest BCUT2D eigenvalue weighted by Crippen LogP contribution is -2.61. The molecule has 0 aromatic carbocycles. The van der Waals surface area contributed by atoms with Gasteiger partial charge in [0.15, 0.2) is 0 Å². The van der Waals surface area contributed by atoms with Gasteiger partial charge in [0.25, 0.3) is 0 Å². The Morgan fingerprint density at radius 3 is 0.737 bits per heavy atom. The van der Waals surface area contributed by atoms with Gasteiger partial charge in [-0.25, -0.2) is 4.79 Å². The largest absolute Gasteiger partial charge is 0.469 e. The monoisotopic (exact) mass is 811 g/mol. The van der Waals surface area contributed by atoms with E-state index in [1.807, 2.05) is 0 Å². The molecule has 0 saturated carbocycles. The smallest absolute Gasteiger partial charge is 0.407 e. The van der Waals surface area contributed by atoms with Crippen LogP contribution >= 0.6 is 0 Å². The van der Waals surface area contributed by atoms with Crippen LogP contribution in [-0.4, -0.2) is 90.6 Å². The lowest BCUT2D eigenvalue weighted by atomic mass is 9.78. The summed E-state index contributed by atoms with van der Waals surface area (Å²) in [4.78, 5) is 92.6. The van der Waals surface area contributed by atoms with Gasteiger partial charge in [0.05, 0.1) is 39.6 Å². The van der Waals surface area contributed by atoms with E-state index < -0.39 is 98.2 Å². The highest BCUT2D eigenvalue weighted by atomic mass is 16.6. The second-order valence-electron chi connectivity index (χ2n) is 20.2. The van der Waals surface area contributed by atoms with E-state index in [1.165, 1.54) is 7.11 Å². The van der Waals surface area contributed by atoms with Crippen LogP contribution in [0.1, 0.15) is 145 Å². The number of hydrogen-bond acceptors (Lipinski definition) is 9. The van der Waals surface area contributed by atoms with Gasteiger partial charge in [0, 0.05) is 36.3 Å². The second-order valence-corrected chi connectivity index (χ2v) is 20.2. The molecule has 0 spiro atoms. The SMILES string of the molecule is COC(=O)C(C)(C)[C@@H](C)NC(=O)C(C)(C)[C@H](C)NC(=O)C(C)(C)[C@@H](C)NC(=O)C(C)(C)[C@H](C)NC(=O)C(C)(C)[C@@H](C)NC(=O)C(C)(C)[C@H](C)NC(=O)OC(C)(C)C. The minimum atomic E-state index is -1.13. The Bertz CT molecular complexity index is 1490. The summed E-state index contributed by atoms with van der Waals surface area (Å²) >= 11 is 0. The number of alkyl carbamates (subject to hydrolysis) is 1. The molecule has 0 aromatic rings. The fourth-order valence-corrected chi connectivity index (χ4v) is 4.90. The molecule has 0 unspecified atom stereocenters. The average Bonchev–Trinajstić information content (AvgIpc) is 3.05. The molecule has 15 heteroatoms. The number of ether oxygens (including phenoxy) is 2. The summed E-state index contributed by atoms with van der Waals surface area (Å²) in [7, 11) is 1.29. The first-order chi connectivity index (χ1) is 25.2. The third kappa shape index (κ3) is 13.3. The highest BCUT2D eigenvalue weighted by Gasteiger charge is 2.46. The Morgan fingerprint density at radius 2 is 0.544 bits per heavy atom. The number of hydrogen-bond donors (Lipinski definition) is 6. The molecule has 57 heavy (non-hydrogen) atoms. The number of rotatable bonds is 18. The van der Waals surface area contributed by atoms with Crippen molar-refractivity contribution in [1.82, 2.24) is 31.9 Å². The van der Waals surface area contributed by atoms with Gasteiger partial charge < -0.3 is 41.4 Å². The predicted octanol–water partition coefficient (Wildman–Crippen LogP) is 4.75. The molecule has 0 aromatic heterocycles. The fraction of sp³-hybridized carbons (Fsp3) is 0.833. The second kappa shape index (κ2) is 18.8. The van der Waals surface area contributed by atoms with E-state index in [4.69, 9.17) is 9.47 Å². The van der Waals surface area contributed by atoms with Crippen LogP contribution in [0.3, 0.4) is 0 Å². The standard InChI is InChI=1S/C42H78N6O9/c1-23(44-31(51)39(14,15)25(3)46-33(53)41(18,19)27(5)48-35(55)57-36(7,8)9)37(10,11)29(49)43-24(2)38(12,13)30(50)45-26(4)40(16,17)32(52)47-28(6)42(20,21)34(54)56-22/h23-28H,1-22H3,(H,43,49)(H,44,51)(H,45,50)(H,46,53)(H,47,52)(H,48,55)/t23-,24+,25+,26-,27-,28+/m0/s1. The number of carbonyl (C=O) groups excluding carboxylic acids is 7. The van der Waals surface area contributed by atoms with Crippen molar-refractivity contribution in [2.75, 3.05) is 7.11 Å². The van der Waals surface area contributed by atoms with Crippen LogP contribution < -0.4 is 31.9 Å². The molecule has 0 saturated heterocycles. The quantitative estimate of drug-likeness (QED) is 0.105. The predicted molar refractivity (Wildman–Crippen MR) is 222 cm³/mol. The Labute approximate surface area is 342 Å². The topological polar surface area (TPSA) is 210 Å². The number of methoxy groups -OCH3 is 1. The van der Waals surface area contributed by atoms with Gasteiger partial charge in [-0.3, -0.25) is 28.8 Å². The molecule has 0 fully saturated rings. The van der Waals surface area contributed by atoms with Gasteiger partial charge in [-0.2, -0.15) is 0 Å². The maximum absolute atomic E-state index is 13.8. The van der Waals surface area contributed by atoms with E-state index in [1.54, 1.807) is 145 Å². The van der Waals surface area contributed by atoms with E-state index in [0.717, 1.165) is 0 Å². The molecule has 0 radical (unpaired) electrons. The normalized spacial score (nSPS) is 16.3. The highest BCUT2D eigenvalue weighted by molar-refractivity contribution is 5.90. The molecule has 15 nitrogen and oxygen atoms in total. The highest BCUT2D eigenvalue weighted by Crippen LogP contribution is 2.31. The Kier molecular flexibility index (Phi) is 17.5. The van der Waals surface area contributed by atoms with Crippen molar-refractivity contribution < 1.29 is 43.0 Å². The van der Waals surface area contributed by atoms with Gasteiger partial charge >= 0.3 is 12.1 Å². The summed E-state index contributed by atoms with van der Waals surface area (Å²) in [5, 5.41) is 17.4. The van der Waals surface area contributed by atoms with Crippen molar-refractivity contribution in [1.29, 1.82) is 0 Å². The Hall–Kier alpha value is -3.91. The molecule has 0 aliphatic rings. The van der Waals surface area contributed by atoms with Crippen molar-refractivity contribution in [3.05, 3.63) is 0 Å². The summed E-state index contributed by atoms with van der Waals surface area (Å²) in [5.74, 6) is -2.37. The zero-order chi connectivity index (χ0) is 45.7. The van der Waals surface area contributed by atoms with Crippen LogP contribution in [0.5, 0.6) is 0 Å². The summed E-state index contributed by atoms with van der Waals surface area (Å²) in [6, 6.07) is -3.77. The van der Waals surface area contributed by atoms with Gasteiger partial charge in [-0.15, -0.1) is 0 Å². The summed E-state index contributed by atoms with van der Waals surface area (Å²) in [5.41, 5.74) is -7.18. The Morgan fingerprint density at radius 1 is 0.351 bits per heavy atom. The van der Waals surface area contributed by atoms with Crippen molar-refractivity contribution in [2.24, 2.45) is 32.5 Å². The first kappa shape index (κ1) is 53.1. The first-order valence-corrected chi connectivity index (χ1v) is 19.9. The van der Waals surface area contributed by atoms with Crippen molar-refractivity contribution in [3.63, 3.8) is 0 Å². The number of carbonyl (C=O) groups is 7. The van der Waals surface area contributed by atoms with E-state index in [-0.39, 0.29) is 17.7 Å². The van der Waals surface area contributed by atoms with Crippen LogP contribution in [0.15, 0.2) is 0 Å². The third-order valence-electron chi connectivity index (χ3n) is 12.6. The lowest BCUT2D eigenvalue weighted by molar-refractivity contribution is -0.153. The molecular weight excluding hydrogens is 732 g/mol. The van der Waals surface area contributed by atoms with E-state index in [9.17, 15) is 33.6 Å². The van der Waals surface area contributed by atoms with E-state index >= 15 is 0 Å². The number of nitrogens with one attached hydrogen (secondary N) is 6. The average molecular weight is 811 g/mol.